The largest absolute Gasteiger partial charge is 0.490 e. The minimum absolute atomic E-state index is 0.0529. The predicted molar refractivity (Wildman–Crippen MR) is 147 cm³/mol. The van der Waals surface area contributed by atoms with Crippen LogP contribution in [0, 0.1) is 3.57 Å². The summed E-state index contributed by atoms with van der Waals surface area (Å²) in [5.41, 5.74) is 1.84. The first-order valence-electron chi connectivity index (χ1n) is 11.6. The number of alkyl halides is 1. The monoisotopic (exact) mass is 646 g/mol. The van der Waals surface area contributed by atoms with Crippen molar-refractivity contribution in [3.63, 3.8) is 0 Å². The molecule has 0 aliphatic heterocycles. The lowest BCUT2D eigenvalue weighted by Crippen LogP contribution is -2.29. The second-order valence-electron chi connectivity index (χ2n) is 8.84. The average molecular weight is 647 g/mol. The molecule has 0 spiro atoms. The normalized spacial score (nSPS) is 12.7. The zero-order valence-corrected chi connectivity index (χ0v) is 24.5. The van der Waals surface area contributed by atoms with Crippen LogP contribution >= 0.6 is 34.2 Å². The lowest BCUT2D eigenvalue weighted by molar-refractivity contribution is -0.158. The van der Waals surface area contributed by atoms with Crippen LogP contribution in [0.3, 0.4) is 0 Å². The first kappa shape index (κ1) is 30.7. The molecular weight excluding hydrogens is 615 g/mol. The highest BCUT2D eigenvalue weighted by Gasteiger charge is 2.25. The van der Waals surface area contributed by atoms with Gasteiger partial charge in [-0.2, -0.15) is 0 Å². The van der Waals surface area contributed by atoms with E-state index in [0.29, 0.717) is 11.5 Å². The Labute approximate surface area is 236 Å². The fourth-order valence-corrected chi connectivity index (χ4v) is 4.24. The number of esters is 3. The zero-order valence-electron chi connectivity index (χ0n) is 21.5. The molecule has 2 rings (SSSR count). The summed E-state index contributed by atoms with van der Waals surface area (Å²) in [7, 11) is 0. The van der Waals surface area contributed by atoms with E-state index in [2.05, 4.69) is 42.5 Å². The summed E-state index contributed by atoms with van der Waals surface area (Å²) in [6, 6.07) is 13.6. The summed E-state index contributed by atoms with van der Waals surface area (Å²) in [6.45, 7) is 8.30. The standard InChI is InChI=1S/C27H32ClIO8/c1-17(30)33-15-24(37-19(3)32)16-34-22-9-6-20(7-10-22)27(4,5)21-8-11-26(25(29)12-21)35-14-23(13-28)36-18(2)31/h6-12,23-24H,13-16H2,1-5H3/t23-,24-/m1/s1. The molecule has 0 saturated heterocycles. The van der Waals surface area contributed by atoms with Crippen molar-refractivity contribution in [3.8, 4) is 11.5 Å². The predicted octanol–water partition coefficient (Wildman–Crippen LogP) is 5.04. The van der Waals surface area contributed by atoms with Gasteiger partial charge in [0.15, 0.2) is 6.10 Å². The Morgan fingerprint density at radius 3 is 1.92 bits per heavy atom. The van der Waals surface area contributed by atoms with E-state index in [-0.39, 0.29) is 31.1 Å². The van der Waals surface area contributed by atoms with E-state index in [0.717, 1.165) is 14.7 Å². The highest BCUT2D eigenvalue weighted by Crippen LogP contribution is 2.35. The molecule has 37 heavy (non-hydrogen) atoms. The van der Waals surface area contributed by atoms with Crippen LogP contribution in [0.2, 0.25) is 0 Å². The van der Waals surface area contributed by atoms with Crippen LogP contribution in [0.4, 0.5) is 0 Å². The number of rotatable bonds is 13. The Hall–Kier alpha value is -2.53. The second kappa shape index (κ2) is 14.4. The van der Waals surface area contributed by atoms with Gasteiger partial charge >= 0.3 is 17.9 Å². The van der Waals surface area contributed by atoms with Crippen LogP contribution in [-0.2, 0) is 34.0 Å². The van der Waals surface area contributed by atoms with E-state index in [9.17, 15) is 14.4 Å². The van der Waals surface area contributed by atoms with Gasteiger partial charge in [0.1, 0.15) is 37.4 Å². The SMILES string of the molecule is CC(=O)OC[C@H](COc1ccc(C(C)(C)c2ccc(OC[C@@H](CCl)OC(C)=O)c(I)c2)cc1)OC(C)=O. The number of hydrogen-bond acceptors (Lipinski definition) is 8. The molecule has 0 fully saturated rings. The second-order valence-corrected chi connectivity index (χ2v) is 10.3. The zero-order chi connectivity index (χ0) is 27.6. The summed E-state index contributed by atoms with van der Waals surface area (Å²) in [5, 5.41) is 0. The molecule has 202 valence electrons. The summed E-state index contributed by atoms with van der Waals surface area (Å²) in [4.78, 5) is 33.6. The molecule has 2 aromatic rings. The van der Waals surface area contributed by atoms with Crippen LogP contribution in [0.1, 0.15) is 45.7 Å². The first-order valence-corrected chi connectivity index (χ1v) is 13.2. The van der Waals surface area contributed by atoms with E-state index in [1.165, 1.54) is 20.8 Å². The average Bonchev–Trinajstić information content (AvgIpc) is 2.83. The lowest BCUT2D eigenvalue weighted by Gasteiger charge is -2.27. The topological polar surface area (TPSA) is 97.4 Å². The smallest absolute Gasteiger partial charge is 0.303 e. The van der Waals surface area contributed by atoms with Crippen LogP contribution in [0.5, 0.6) is 11.5 Å². The van der Waals surface area contributed by atoms with Gasteiger partial charge in [-0.3, -0.25) is 14.4 Å². The van der Waals surface area contributed by atoms with Crippen LogP contribution in [0.15, 0.2) is 42.5 Å². The van der Waals surface area contributed by atoms with Gasteiger partial charge in [-0.25, -0.2) is 0 Å². The lowest BCUT2D eigenvalue weighted by atomic mass is 9.78. The molecule has 0 aliphatic rings. The van der Waals surface area contributed by atoms with Crippen LogP contribution in [0.25, 0.3) is 0 Å². The van der Waals surface area contributed by atoms with Crippen molar-refractivity contribution >= 4 is 52.1 Å². The summed E-state index contributed by atoms with van der Waals surface area (Å²) in [6.07, 6.45) is -1.22. The Morgan fingerprint density at radius 1 is 0.811 bits per heavy atom. The fourth-order valence-electron chi connectivity index (χ4n) is 3.42. The molecule has 2 atom stereocenters. The van der Waals surface area contributed by atoms with Gasteiger partial charge in [-0.15, -0.1) is 11.6 Å². The van der Waals surface area contributed by atoms with Gasteiger partial charge in [-0.05, 0) is 58.0 Å². The number of halogens is 2. The van der Waals surface area contributed by atoms with Gasteiger partial charge in [0, 0.05) is 26.2 Å². The third-order valence-electron chi connectivity index (χ3n) is 5.40. The summed E-state index contributed by atoms with van der Waals surface area (Å²) in [5.74, 6) is 0.0921. The maximum atomic E-state index is 11.3. The van der Waals surface area contributed by atoms with Gasteiger partial charge in [0.25, 0.3) is 0 Å². The third kappa shape index (κ3) is 10.0. The molecule has 0 radical (unpaired) electrons. The van der Waals surface area contributed by atoms with Gasteiger partial charge in [0.2, 0.25) is 0 Å². The molecule has 0 aromatic heterocycles. The summed E-state index contributed by atoms with van der Waals surface area (Å²) >= 11 is 8.07. The maximum absolute atomic E-state index is 11.3. The number of hydrogen-bond donors (Lipinski definition) is 0. The van der Waals surface area contributed by atoms with E-state index in [1.54, 1.807) is 0 Å². The molecule has 2 aromatic carbocycles. The number of carbonyl (C=O) groups is 3. The van der Waals surface area contributed by atoms with Gasteiger partial charge in [0.05, 0.1) is 9.45 Å². The summed E-state index contributed by atoms with van der Waals surface area (Å²) < 4.78 is 27.7. The van der Waals surface area contributed by atoms with Crippen molar-refractivity contribution < 1.29 is 38.1 Å². The molecule has 0 N–H and O–H groups in total. The van der Waals surface area contributed by atoms with Crippen LogP contribution < -0.4 is 9.47 Å². The molecule has 10 heteroatoms. The third-order valence-corrected chi connectivity index (χ3v) is 6.59. The Morgan fingerprint density at radius 2 is 1.38 bits per heavy atom. The quantitative estimate of drug-likeness (QED) is 0.129. The minimum atomic E-state index is -0.700. The van der Waals surface area contributed by atoms with Gasteiger partial charge in [-0.1, -0.05) is 32.0 Å². The maximum Gasteiger partial charge on any atom is 0.303 e. The van der Waals surface area contributed by atoms with E-state index in [4.69, 9.17) is 35.3 Å². The molecule has 0 bridgehead atoms. The first-order chi connectivity index (χ1) is 17.4. The van der Waals surface area contributed by atoms with Gasteiger partial charge < -0.3 is 23.7 Å². The Kier molecular flexibility index (Phi) is 12.0. The Bertz CT molecular complexity index is 1070. The molecular formula is C27H32ClIO8. The van der Waals surface area contributed by atoms with Crippen molar-refractivity contribution in [2.24, 2.45) is 0 Å². The van der Waals surface area contributed by atoms with Crippen LogP contribution in [-0.4, -0.2) is 55.8 Å². The van der Waals surface area contributed by atoms with Crippen molar-refractivity contribution in [1.82, 2.24) is 0 Å². The minimum Gasteiger partial charge on any atom is -0.490 e. The fraction of sp³-hybridized carbons (Fsp3) is 0.444. The molecule has 0 unspecified atom stereocenters. The number of carbonyl (C=O) groups excluding carboxylic acids is 3. The van der Waals surface area contributed by atoms with E-state index >= 15 is 0 Å². The highest BCUT2D eigenvalue weighted by atomic mass is 127. The van der Waals surface area contributed by atoms with Crippen molar-refractivity contribution in [3.05, 3.63) is 57.2 Å². The van der Waals surface area contributed by atoms with Crippen molar-refractivity contribution in [1.29, 1.82) is 0 Å². The molecule has 0 amide bonds. The molecule has 0 heterocycles. The van der Waals surface area contributed by atoms with E-state index in [1.807, 2.05) is 36.4 Å². The molecule has 8 nitrogen and oxygen atoms in total. The molecule has 0 saturated carbocycles. The number of benzene rings is 2. The number of ether oxygens (including phenoxy) is 5. The van der Waals surface area contributed by atoms with Crippen molar-refractivity contribution in [2.75, 3.05) is 25.7 Å². The van der Waals surface area contributed by atoms with Crippen molar-refractivity contribution in [2.45, 2.75) is 52.2 Å². The highest BCUT2D eigenvalue weighted by molar-refractivity contribution is 14.1. The van der Waals surface area contributed by atoms with E-state index < -0.39 is 30.1 Å². The Balaban J connectivity index is 2.06. The molecule has 0 aliphatic carbocycles.